The van der Waals surface area contributed by atoms with Gasteiger partial charge in [0.15, 0.2) is 0 Å². The van der Waals surface area contributed by atoms with Crippen LogP contribution in [-0.4, -0.2) is 0 Å². The van der Waals surface area contributed by atoms with Crippen LogP contribution in [0.3, 0.4) is 0 Å². The molecule has 84 valence electrons. The molecule has 0 amide bonds. The van der Waals surface area contributed by atoms with Crippen LogP contribution in [-0.2, 0) is 0 Å². The first-order chi connectivity index (χ1) is 7.29. The van der Waals surface area contributed by atoms with E-state index in [1.54, 1.807) is 0 Å². The van der Waals surface area contributed by atoms with Crippen LogP contribution in [0.2, 0.25) is 0 Å². The van der Waals surface area contributed by atoms with Crippen LogP contribution in [0.4, 0.5) is 0 Å². The van der Waals surface area contributed by atoms with Gasteiger partial charge in [-0.2, -0.15) is 0 Å². The van der Waals surface area contributed by atoms with Gasteiger partial charge in [0.05, 0.1) is 0 Å². The average Bonchev–Trinajstić information content (AvgIpc) is 2.23. The molecule has 0 aromatic heterocycles. The van der Waals surface area contributed by atoms with E-state index in [1.807, 2.05) is 6.08 Å². The van der Waals surface area contributed by atoms with E-state index >= 15 is 0 Å². The van der Waals surface area contributed by atoms with Crippen LogP contribution in [0, 0.1) is 5.92 Å². The minimum absolute atomic E-state index is 0.760. The number of unbranched alkanes of at least 4 members (excludes halogenated alkanes) is 2. The van der Waals surface area contributed by atoms with Crippen LogP contribution in [0.15, 0.2) is 36.5 Å². The Labute approximate surface area is 94.8 Å². The maximum Gasteiger partial charge on any atom is -0.0159 e. The monoisotopic (exact) mass is 204 g/mol. The summed E-state index contributed by atoms with van der Waals surface area (Å²) in [5.41, 5.74) is 2.83. The van der Waals surface area contributed by atoms with Crippen LogP contribution in [0.5, 0.6) is 0 Å². The highest BCUT2D eigenvalue weighted by atomic mass is 14.2. The maximum absolute atomic E-state index is 4.18. The van der Waals surface area contributed by atoms with Crippen molar-refractivity contribution < 1.29 is 0 Å². The molecule has 0 N–H and O–H groups in total. The Morgan fingerprint density at radius 2 is 2.20 bits per heavy atom. The molecule has 0 saturated heterocycles. The molecule has 0 nitrogen and oxygen atoms in total. The fourth-order valence-corrected chi connectivity index (χ4v) is 2.47. The summed E-state index contributed by atoms with van der Waals surface area (Å²) in [5.74, 6) is 0.760. The van der Waals surface area contributed by atoms with Crippen molar-refractivity contribution >= 4 is 0 Å². The molecule has 1 atom stereocenters. The number of allylic oxidation sites excluding steroid dienone is 4. The molecule has 0 heterocycles. The van der Waals surface area contributed by atoms with Crippen molar-refractivity contribution in [3.63, 3.8) is 0 Å². The molecule has 0 aliphatic heterocycles. The number of hydrogen-bond donors (Lipinski definition) is 0. The third-order valence-corrected chi connectivity index (χ3v) is 3.33. The van der Waals surface area contributed by atoms with Gasteiger partial charge in [0.2, 0.25) is 0 Å². The molecule has 1 fully saturated rings. The third kappa shape index (κ3) is 3.70. The Morgan fingerprint density at radius 1 is 1.40 bits per heavy atom. The Balaban J connectivity index is 2.55. The van der Waals surface area contributed by atoms with E-state index < -0.39 is 0 Å². The third-order valence-electron chi connectivity index (χ3n) is 3.33. The van der Waals surface area contributed by atoms with Crippen molar-refractivity contribution in [1.29, 1.82) is 0 Å². The Kier molecular flexibility index (Phi) is 5.45. The van der Waals surface area contributed by atoms with E-state index in [9.17, 15) is 0 Å². The van der Waals surface area contributed by atoms with Gasteiger partial charge < -0.3 is 0 Å². The van der Waals surface area contributed by atoms with Crippen LogP contribution < -0.4 is 0 Å². The van der Waals surface area contributed by atoms with Crippen molar-refractivity contribution in [2.75, 3.05) is 0 Å². The summed E-state index contributed by atoms with van der Waals surface area (Å²) in [4.78, 5) is 0. The van der Waals surface area contributed by atoms with Crippen molar-refractivity contribution in [2.24, 2.45) is 5.92 Å². The number of rotatable bonds is 5. The molecular weight excluding hydrogens is 180 g/mol. The SMILES string of the molecule is C=C/C=C1\C(=C)CCCC1CCCCC. The van der Waals surface area contributed by atoms with Gasteiger partial charge in [-0.15, -0.1) is 0 Å². The molecule has 1 saturated carbocycles. The van der Waals surface area contributed by atoms with Crippen LogP contribution >= 0.6 is 0 Å². The molecule has 0 bridgehead atoms. The molecule has 0 heteroatoms. The molecule has 0 aromatic rings. The minimum Gasteiger partial charge on any atom is -0.0991 e. The highest BCUT2D eigenvalue weighted by Crippen LogP contribution is 2.35. The Hall–Kier alpha value is -0.780. The topological polar surface area (TPSA) is 0 Å². The van der Waals surface area contributed by atoms with Crippen molar-refractivity contribution in [2.45, 2.75) is 51.9 Å². The molecular formula is C15H24. The molecule has 15 heavy (non-hydrogen) atoms. The van der Waals surface area contributed by atoms with Crippen molar-refractivity contribution in [3.8, 4) is 0 Å². The van der Waals surface area contributed by atoms with Crippen molar-refractivity contribution in [1.82, 2.24) is 0 Å². The molecule has 0 radical (unpaired) electrons. The molecule has 1 unspecified atom stereocenters. The highest BCUT2D eigenvalue weighted by molar-refractivity contribution is 5.35. The lowest BCUT2D eigenvalue weighted by molar-refractivity contribution is 0.449. The zero-order valence-electron chi connectivity index (χ0n) is 10.1. The zero-order chi connectivity index (χ0) is 11.1. The van der Waals surface area contributed by atoms with Gasteiger partial charge in [0.25, 0.3) is 0 Å². The summed E-state index contributed by atoms with van der Waals surface area (Å²) in [7, 11) is 0. The van der Waals surface area contributed by atoms with E-state index in [2.05, 4.69) is 26.2 Å². The lowest BCUT2D eigenvalue weighted by Gasteiger charge is -2.27. The zero-order valence-corrected chi connectivity index (χ0v) is 10.1. The maximum atomic E-state index is 4.18. The van der Waals surface area contributed by atoms with E-state index in [-0.39, 0.29) is 0 Å². The molecule has 0 spiro atoms. The first-order valence-corrected chi connectivity index (χ1v) is 6.30. The summed E-state index contributed by atoms with van der Waals surface area (Å²) < 4.78 is 0. The largest absolute Gasteiger partial charge is 0.0991 e. The minimum atomic E-state index is 0.760. The van der Waals surface area contributed by atoms with Crippen LogP contribution in [0.1, 0.15) is 51.9 Å². The summed E-state index contributed by atoms with van der Waals surface area (Å²) in [6.07, 6.45) is 13.3. The van der Waals surface area contributed by atoms with Crippen LogP contribution in [0.25, 0.3) is 0 Å². The standard InChI is InChI=1S/C15H24/c1-4-6-7-11-14-12-8-10-13(3)15(14)9-5-2/h5,9,14H,2-4,6-8,10-12H2,1H3/b15-9+. The normalized spacial score (nSPS) is 24.5. The second-order valence-corrected chi connectivity index (χ2v) is 4.55. The van der Waals surface area contributed by atoms with Gasteiger partial charge in [-0.1, -0.05) is 57.1 Å². The van der Waals surface area contributed by atoms with E-state index in [0.717, 1.165) is 5.92 Å². The predicted octanol–water partition coefficient (Wildman–Crippen LogP) is 5.04. The fraction of sp³-hybridized carbons (Fsp3) is 0.600. The molecule has 0 aromatic carbocycles. The second-order valence-electron chi connectivity index (χ2n) is 4.55. The van der Waals surface area contributed by atoms with Gasteiger partial charge in [0, 0.05) is 0 Å². The van der Waals surface area contributed by atoms with Gasteiger partial charge in [0.1, 0.15) is 0 Å². The predicted molar refractivity (Wildman–Crippen MR) is 68.9 cm³/mol. The quantitative estimate of drug-likeness (QED) is 0.551. The summed E-state index contributed by atoms with van der Waals surface area (Å²) >= 11 is 0. The van der Waals surface area contributed by atoms with Gasteiger partial charge in [-0.3, -0.25) is 0 Å². The lowest BCUT2D eigenvalue weighted by atomic mass is 9.78. The first-order valence-electron chi connectivity index (χ1n) is 6.30. The van der Waals surface area contributed by atoms with E-state index in [1.165, 1.54) is 56.1 Å². The first kappa shape index (κ1) is 12.3. The Bertz CT molecular complexity index is 245. The van der Waals surface area contributed by atoms with Crippen molar-refractivity contribution in [3.05, 3.63) is 36.5 Å². The summed E-state index contributed by atoms with van der Waals surface area (Å²) in [6, 6.07) is 0. The van der Waals surface area contributed by atoms with E-state index in [0.29, 0.717) is 0 Å². The van der Waals surface area contributed by atoms with Gasteiger partial charge in [-0.25, -0.2) is 0 Å². The second kappa shape index (κ2) is 6.66. The molecule has 1 aliphatic rings. The lowest BCUT2D eigenvalue weighted by Crippen LogP contribution is -2.12. The number of hydrogen-bond acceptors (Lipinski definition) is 0. The highest BCUT2D eigenvalue weighted by Gasteiger charge is 2.20. The van der Waals surface area contributed by atoms with Gasteiger partial charge >= 0.3 is 0 Å². The smallest absolute Gasteiger partial charge is 0.0159 e. The van der Waals surface area contributed by atoms with Gasteiger partial charge in [-0.05, 0) is 37.2 Å². The summed E-state index contributed by atoms with van der Waals surface area (Å²) in [5, 5.41) is 0. The van der Waals surface area contributed by atoms with E-state index in [4.69, 9.17) is 0 Å². The average molecular weight is 204 g/mol. The fourth-order valence-electron chi connectivity index (χ4n) is 2.47. The molecule has 1 aliphatic carbocycles. The Morgan fingerprint density at radius 3 is 2.87 bits per heavy atom. The molecule has 1 rings (SSSR count). The summed E-state index contributed by atoms with van der Waals surface area (Å²) in [6.45, 7) is 10.2.